The van der Waals surface area contributed by atoms with Crippen molar-refractivity contribution in [3.63, 3.8) is 0 Å². The Labute approximate surface area is 174 Å². The molecule has 2 amide bonds. The molecule has 2 saturated heterocycles. The number of halogens is 1. The van der Waals surface area contributed by atoms with E-state index in [1.807, 2.05) is 0 Å². The van der Waals surface area contributed by atoms with Crippen molar-refractivity contribution in [1.82, 2.24) is 9.21 Å². The predicted octanol–water partition coefficient (Wildman–Crippen LogP) is 1.71. The van der Waals surface area contributed by atoms with Gasteiger partial charge in [-0.2, -0.15) is 4.31 Å². The maximum absolute atomic E-state index is 14.0. The van der Waals surface area contributed by atoms with Crippen LogP contribution in [0.1, 0.15) is 6.42 Å². The summed E-state index contributed by atoms with van der Waals surface area (Å²) in [6, 6.07) is 14.2. The third-order valence-corrected chi connectivity index (χ3v) is 7.46. The summed E-state index contributed by atoms with van der Waals surface area (Å²) in [4.78, 5) is 28.4. The summed E-state index contributed by atoms with van der Waals surface area (Å²) in [5.41, 5.74) is 0.177. The van der Waals surface area contributed by atoms with E-state index in [1.54, 1.807) is 47.4 Å². The summed E-state index contributed by atoms with van der Waals surface area (Å²) >= 11 is 0. The normalized spacial score (nSPS) is 20.6. The van der Waals surface area contributed by atoms with Crippen molar-refractivity contribution >= 4 is 27.5 Å². The molecule has 30 heavy (non-hydrogen) atoms. The van der Waals surface area contributed by atoms with Crippen molar-refractivity contribution in [3.05, 3.63) is 60.4 Å². The van der Waals surface area contributed by atoms with Crippen molar-refractivity contribution < 1.29 is 22.4 Å². The molecular weight excluding hydrogens is 409 g/mol. The predicted molar refractivity (Wildman–Crippen MR) is 109 cm³/mol. The van der Waals surface area contributed by atoms with Gasteiger partial charge in [0.1, 0.15) is 5.82 Å². The van der Waals surface area contributed by atoms with Crippen LogP contribution >= 0.6 is 0 Å². The van der Waals surface area contributed by atoms with E-state index in [4.69, 9.17) is 0 Å². The summed E-state index contributed by atoms with van der Waals surface area (Å²) in [7, 11) is -3.60. The fourth-order valence-electron chi connectivity index (χ4n) is 3.93. The number of benzene rings is 2. The lowest BCUT2D eigenvalue weighted by molar-refractivity contribution is -0.136. The highest BCUT2D eigenvalue weighted by molar-refractivity contribution is 7.89. The van der Waals surface area contributed by atoms with E-state index in [1.165, 1.54) is 21.3 Å². The van der Waals surface area contributed by atoms with Gasteiger partial charge in [0, 0.05) is 39.1 Å². The Bertz CT molecular complexity index is 1050. The van der Waals surface area contributed by atoms with Crippen molar-refractivity contribution in [2.45, 2.75) is 11.3 Å². The van der Waals surface area contributed by atoms with Crippen LogP contribution in [0.3, 0.4) is 0 Å². The number of nitrogens with zero attached hydrogens (tertiary/aromatic N) is 3. The van der Waals surface area contributed by atoms with Crippen LogP contribution in [0.4, 0.5) is 10.1 Å². The Morgan fingerprint density at radius 2 is 1.57 bits per heavy atom. The summed E-state index contributed by atoms with van der Waals surface area (Å²) in [5.74, 6) is -1.55. The van der Waals surface area contributed by atoms with Crippen LogP contribution in [-0.2, 0) is 19.6 Å². The number of amides is 2. The Hall–Kier alpha value is -2.78. The van der Waals surface area contributed by atoms with Gasteiger partial charge < -0.3 is 9.80 Å². The zero-order chi connectivity index (χ0) is 21.3. The average molecular weight is 431 g/mol. The molecule has 2 fully saturated rings. The van der Waals surface area contributed by atoms with Crippen molar-refractivity contribution in [1.29, 1.82) is 0 Å². The van der Waals surface area contributed by atoms with Gasteiger partial charge in [-0.3, -0.25) is 9.59 Å². The third kappa shape index (κ3) is 3.82. The molecule has 7 nitrogen and oxygen atoms in total. The minimum Gasteiger partial charge on any atom is -0.340 e. The summed E-state index contributed by atoms with van der Waals surface area (Å²) in [6.45, 7) is 1.03. The van der Waals surface area contributed by atoms with E-state index >= 15 is 0 Å². The van der Waals surface area contributed by atoms with Gasteiger partial charge in [-0.15, -0.1) is 0 Å². The molecule has 4 rings (SSSR count). The van der Waals surface area contributed by atoms with E-state index in [-0.39, 0.29) is 61.5 Å². The van der Waals surface area contributed by atoms with Crippen molar-refractivity contribution in [2.24, 2.45) is 5.92 Å². The number of hydrogen-bond donors (Lipinski definition) is 0. The second-order valence-electron chi connectivity index (χ2n) is 7.40. The lowest BCUT2D eigenvalue weighted by Gasteiger charge is -2.35. The van der Waals surface area contributed by atoms with Gasteiger partial charge in [0.05, 0.1) is 16.5 Å². The number of carbonyl (C=O) groups is 2. The molecular formula is C21H22FN3O4S. The minimum absolute atomic E-state index is 0.0235. The van der Waals surface area contributed by atoms with Crippen LogP contribution in [0.5, 0.6) is 0 Å². The number of anilines is 1. The number of carbonyl (C=O) groups excluding carboxylic acids is 2. The molecule has 0 radical (unpaired) electrons. The van der Waals surface area contributed by atoms with Gasteiger partial charge in [-0.05, 0) is 24.3 Å². The van der Waals surface area contributed by atoms with Gasteiger partial charge in [-0.25, -0.2) is 12.8 Å². The third-order valence-electron chi connectivity index (χ3n) is 5.55. The Morgan fingerprint density at radius 1 is 0.933 bits per heavy atom. The first-order valence-electron chi connectivity index (χ1n) is 9.77. The first-order chi connectivity index (χ1) is 14.4. The molecule has 0 aromatic heterocycles. The van der Waals surface area contributed by atoms with Crippen LogP contribution in [0.15, 0.2) is 59.5 Å². The molecule has 0 N–H and O–H groups in total. The molecule has 2 aromatic carbocycles. The van der Waals surface area contributed by atoms with Crippen LogP contribution in [0.25, 0.3) is 0 Å². The standard InChI is InChI=1S/C21H22FN3O4S/c22-18-8-4-5-9-19(18)25-15-16(14-20(25)26)21(27)23-10-12-24(13-11-23)30(28,29)17-6-2-1-3-7-17/h1-9,16H,10-15H2. The highest BCUT2D eigenvalue weighted by Gasteiger charge is 2.39. The molecule has 9 heteroatoms. The second-order valence-corrected chi connectivity index (χ2v) is 9.34. The van der Waals surface area contributed by atoms with E-state index in [9.17, 15) is 22.4 Å². The highest BCUT2D eigenvalue weighted by atomic mass is 32.2. The van der Waals surface area contributed by atoms with E-state index in [0.717, 1.165) is 0 Å². The molecule has 0 spiro atoms. The van der Waals surface area contributed by atoms with E-state index < -0.39 is 21.8 Å². The quantitative estimate of drug-likeness (QED) is 0.739. The number of piperazine rings is 1. The highest BCUT2D eigenvalue weighted by Crippen LogP contribution is 2.28. The Morgan fingerprint density at radius 3 is 2.23 bits per heavy atom. The molecule has 1 atom stereocenters. The second kappa shape index (κ2) is 8.16. The molecule has 158 valence electrons. The van der Waals surface area contributed by atoms with Crippen LogP contribution in [-0.4, -0.2) is 62.2 Å². The summed E-state index contributed by atoms with van der Waals surface area (Å²) < 4.78 is 40.9. The topological polar surface area (TPSA) is 78.0 Å². The Balaban J connectivity index is 1.39. The minimum atomic E-state index is -3.60. The van der Waals surface area contributed by atoms with Gasteiger partial charge >= 0.3 is 0 Å². The first-order valence-corrected chi connectivity index (χ1v) is 11.2. The van der Waals surface area contributed by atoms with Gasteiger partial charge in [0.2, 0.25) is 21.8 Å². The van der Waals surface area contributed by atoms with Crippen molar-refractivity contribution in [2.75, 3.05) is 37.6 Å². The summed E-state index contributed by atoms with van der Waals surface area (Å²) in [5, 5.41) is 0. The smallest absolute Gasteiger partial charge is 0.243 e. The van der Waals surface area contributed by atoms with E-state index in [2.05, 4.69) is 0 Å². The number of rotatable bonds is 4. The monoisotopic (exact) mass is 431 g/mol. The largest absolute Gasteiger partial charge is 0.340 e. The number of sulfonamides is 1. The molecule has 0 bridgehead atoms. The maximum Gasteiger partial charge on any atom is 0.243 e. The van der Waals surface area contributed by atoms with Crippen LogP contribution in [0.2, 0.25) is 0 Å². The van der Waals surface area contributed by atoms with E-state index in [0.29, 0.717) is 0 Å². The van der Waals surface area contributed by atoms with Gasteiger partial charge in [0.25, 0.3) is 0 Å². The number of para-hydroxylation sites is 1. The molecule has 2 aliphatic heterocycles. The lowest BCUT2D eigenvalue weighted by atomic mass is 10.1. The van der Waals surface area contributed by atoms with Crippen LogP contribution in [0, 0.1) is 11.7 Å². The number of hydrogen-bond acceptors (Lipinski definition) is 4. The Kier molecular flexibility index (Phi) is 5.57. The van der Waals surface area contributed by atoms with Gasteiger partial charge in [-0.1, -0.05) is 30.3 Å². The molecule has 2 heterocycles. The molecule has 2 aromatic rings. The van der Waals surface area contributed by atoms with Crippen molar-refractivity contribution in [3.8, 4) is 0 Å². The molecule has 2 aliphatic rings. The fraction of sp³-hybridized carbons (Fsp3) is 0.333. The zero-order valence-electron chi connectivity index (χ0n) is 16.3. The fourth-order valence-corrected chi connectivity index (χ4v) is 5.37. The summed E-state index contributed by atoms with van der Waals surface area (Å²) in [6.07, 6.45) is 0.0235. The molecule has 0 aliphatic carbocycles. The lowest BCUT2D eigenvalue weighted by Crippen LogP contribution is -2.52. The maximum atomic E-state index is 14.0. The SMILES string of the molecule is O=C(C1CC(=O)N(c2ccccc2F)C1)N1CCN(S(=O)(=O)c2ccccc2)CC1. The molecule has 0 saturated carbocycles. The average Bonchev–Trinajstić information content (AvgIpc) is 3.15. The molecule has 1 unspecified atom stereocenters. The van der Waals surface area contributed by atoms with Gasteiger partial charge in [0.15, 0.2) is 0 Å². The first kappa shape index (κ1) is 20.5. The van der Waals surface area contributed by atoms with Crippen LogP contribution < -0.4 is 4.90 Å². The zero-order valence-corrected chi connectivity index (χ0v) is 17.1.